The lowest BCUT2D eigenvalue weighted by atomic mass is 10.2. The molecule has 1 unspecified atom stereocenters. The van der Waals surface area contributed by atoms with Gasteiger partial charge in [-0.15, -0.1) is 0 Å². The maximum atomic E-state index is 10.4. The van der Waals surface area contributed by atoms with Crippen LogP contribution in [0.2, 0.25) is 0 Å². The predicted molar refractivity (Wildman–Crippen MR) is 52.3 cm³/mol. The van der Waals surface area contributed by atoms with Crippen molar-refractivity contribution < 1.29 is 14.6 Å². The lowest BCUT2D eigenvalue weighted by molar-refractivity contribution is -0.139. The molecule has 5 heteroatoms. The topological polar surface area (TPSA) is 96.3 Å². The molecule has 5 nitrogen and oxygen atoms in total. The molecule has 0 radical (unpaired) electrons. The molecule has 78 valence electrons. The van der Waals surface area contributed by atoms with Crippen molar-refractivity contribution in [2.75, 3.05) is 6.61 Å². The molecular weight excluding hydrogens is 196 g/mol. The van der Waals surface area contributed by atoms with Crippen molar-refractivity contribution in [1.29, 1.82) is 5.26 Å². The number of ether oxygens (including phenoxy) is 1. The first kappa shape index (κ1) is 11.0. The van der Waals surface area contributed by atoms with Gasteiger partial charge < -0.3 is 15.6 Å². The van der Waals surface area contributed by atoms with Gasteiger partial charge in [-0.1, -0.05) is 6.07 Å². The molecule has 0 heterocycles. The van der Waals surface area contributed by atoms with E-state index in [1.165, 1.54) is 6.07 Å². The predicted octanol–water partition coefficient (Wildman–Crippen LogP) is 0.349. The molecule has 0 bridgehead atoms. The van der Waals surface area contributed by atoms with Gasteiger partial charge in [-0.3, -0.25) is 4.79 Å². The minimum absolute atomic E-state index is 0.121. The van der Waals surface area contributed by atoms with Gasteiger partial charge in [0, 0.05) is 0 Å². The third-order valence-corrected chi connectivity index (χ3v) is 1.71. The van der Waals surface area contributed by atoms with E-state index in [9.17, 15) is 4.79 Å². The van der Waals surface area contributed by atoms with Crippen LogP contribution in [0.25, 0.3) is 0 Å². The van der Waals surface area contributed by atoms with Gasteiger partial charge >= 0.3 is 5.97 Å². The lowest BCUT2D eigenvalue weighted by Gasteiger charge is -2.08. The van der Waals surface area contributed by atoms with E-state index in [-0.39, 0.29) is 6.61 Å². The summed E-state index contributed by atoms with van der Waals surface area (Å²) < 4.78 is 5.11. The molecule has 15 heavy (non-hydrogen) atoms. The van der Waals surface area contributed by atoms with Crippen LogP contribution in [-0.2, 0) is 4.79 Å². The molecule has 0 aliphatic carbocycles. The van der Waals surface area contributed by atoms with Crippen LogP contribution in [0, 0.1) is 11.3 Å². The summed E-state index contributed by atoms with van der Waals surface area (Å²) in [6.45, 7) is -0.121. The number of nitrogens with zero attached hydrogens (tertiary/aromatic N) is 1. The maximum absolute atomic E-state index is 10.4. The van der Waals surface area contributed by atoms with Gasteiger partial charge in [0.1, 0.15) is 18.4 Å². The van der Waals surface area contributed by atoms with E-state index in [1.807, 2.05) is 6.07 Å². The zero-order chi connectivity index (χ0) is 11.3. The summed E-state index contributed by atoms with van der Waals surface area (Å²) in [4.78, 5) is 10.4. The highest BCUT2D eigenvalue weighted by atomic mass is 16.5. The zero-order valence-corrected chi connectivity index (χ0v) is 7.88. The Balaban J connectivity index is 2.58. The van der Waals surface area contributed by atoms with E-state index in [0.29, 0.717) is 11.3 Å². The normalized spacial score (nSPS) is 11.5. The summed E-state index contributed by atoms with van der Waals surface area (Å²) in [6, 6.07) is 7.33. The Morgan fingerprint density at radius 1 is 1.67 bits per heavy atom. The summed E-state index contributed by atoms with van der Waals surface area (Å²) in [5, 5.41) is 17.1. The number of aliphatic carboxylic acids is 1. The summed E-state index contributed by atoms with van der Waals surface area (Å²) in [5.41, 5.74) is 5.70. The Kier molecular flexibility index (Phi) is 3.66. The number of nitrogens with two attached hydrogens (primary N) is 1. The van der Waals surface area contributed by atoms with Crippen molar-refractivity contribution in [3.05, 3.63) is 29.8 Å². The fourth-order valence-corrected chi connectivity index (χ4v) is 0.913. The third kappa shape index (κ3) is 3.29. The molecule has 1 rings (SSSR count). The molecule has 0 spiro atoms. The van der Waals surface area contributed by atoms with Crippen LogP contribution in [0.3, 0.4) is 0 Å². The highest BCUT2D eigenvalue weighted by Gasteiger charge is 2.11. The van der Waals surface area contributed by atoms with Crippen LogP contribution < -0.4 is 10.5 Å². The number of benzene rings is 1. The minimum atomic E-state index is -1.12. The van der Waals surface area contributed by atoms with Crippen LogP contribution >= 0.6 is 0 Å². The largest absolute Gasteiger partial charge is 0.491 e. The van der Waals surface area contributed by atoms with Crippen molar-refractivity contribution in [3.8, 4) is 11.8 Å². The number of hydrogen-bond donors (Lipinski definition) is 2. The second kappa shape index (κ2) is 4.98. The Morgan fingerprint density at radius 3 is 3.00 bits per heavy atom. The number of hydrogen-bond acceptors (Lipinski definition) is 4. The molecule has 0 aromatic heterocycles. The molecule has 0 amide bonds. The van der Waals surface area contributed by atoms with E-state index >= 15 is 0 Å². The standard InChI is InChI=1S/C10H10N2O3/c11-5-7-2-1-3-8(4-7)15-6-9(12)10(13)14/h1-4,9H,6,12H2,(H,13,14). The number of carbonyl (C=O) groups is 1. The van der Waals surface area contributed by atoms with Crippen LogP contribution in [-0.4, -0.2) is 23.7 Å². The van der Waals surface area contributed by atoms with Crippen molar-refractivity contribution in [1.82, 2.24) is 0 Å². The van der Waals surface area contributed by atoms with E-state index in [4.69, 9.17) is 20.8 Å². The second-order valence-corrected chi connectivity index (χ2v) is 2.90. The smallest absolute Gasteiger partial charge is 0.324 e. The maximum Gasteiger partial charge on any atom is 0.324 e. The zero-order valence-electron chi connectivity index (χ0n) is 7.88. The molecule has 3 N–H and O–H groups in total. The number of nitriles is 1. The Hall–Kier alpha value is -2.06. The molecule has 0 saturated carbocycles. The van der Waals surface area contributed by atoms with Crippen LogP contribution in [0.4, 0.5) is 0 Å². The summed E-state index contributed by atoms with van der Waals surface area (Å²) in [7, 11) is 0. The highest BCUT2D eigenvalue weighted by Crippen LogP contribution is 2.12. The minimum Gasteiger partial charge on any atom is -0.491 e. The van der Waals surface area contributed by atoms with Gasteiger partial charge in [-0.25, -0.2) is 0 Å². The SMILES string of the molecule is N#Cc1cccc(OCC(N)C(=O)O)c1. The first-order valence-corrected chi connectivity index (χ1v) is 4.25. The van der Waals surface area contributed by atoms with Crippen LogP contribution in [0.1, 0.15) is 5.56 Å². The number of carboxylic acids is 1. The van der Waals surface area contributed by atoms with Crippen molar-refractivity contribution in [2.45, 2.75) is 6.04 Å². The van der Waals surface area contributed by atoms with Gasteiger partial charge in [-0.05, 0) is 18.2 Å². The monoisotopic (exact) mass is 206 g/mol. The lowest BCUT2D eigenvalue weighted by Crippen LogP contribution is -2.36. The molecule has 1 aromatic rings. The van der Waals surface area contributed by atoms with E-state index in [2.05, 4.69) is 0 Å². The quantitative estimate of drug-likeness (QED) is 0.740. The van der Waals surface area contributed by atoms with E-state index in [1.54, 1.807) is 18.2 Å². The molecule has 0 fully saturated rings. The Bertz CT molecular complexity index is 398. The fraction of sp³-hybridized carbons (Fsp3) is 0.200. The first-order valence-electron chi connectivity index (χ1n) is 4.25. The van der Waals surface area contributed by atoms with Crippen molar-refractivity contribution in [2.24, 2.45) is 5.73 Å². The highest BCUT2D eigenvalue weighted by molar-refractivity contribution is 5.73. The Labute approximate surface area is 86.7 Å². The molecular formula is C10H10N2O3. The fourth-order valence-electron chi connectivity index (χ4n) is 0.913. The number of rotatable bonds is 4. The van der Waals surface area contributed by atoms with E-state index in [0.717, 1.165) is 0 Å². The molecule has 0 saturated heterocycles. The Morgan fingerprint density at radius 2 is 2.40 bits per heavy atom. The van der Waals surface area contributed by atoms with Crippen molar-refractivity contribution in [3.63, 3.8) is 0 Å². The van der Waals surface area contributed by atoms with Gasteiger partial charge in [0.15, 0.2) is 0 Å². The third-order valence-electron chi connectivity index (χ3n) is 1.71. The van der Waals surface area contributed by atoms with Crippen molar-refractivity contribution >= 4 is 5.97 Å². The number of carboxylic acid groups (broad SMARTS) is 1. The summed E-state index contributed by atoms with van der Waals surface area (Å²) >= 11 is 0. The average molecular weight is 206 g/mol. The average Bonchev–Trinajstić information content (AvgIpc) is 2.26. The molecule has 0 aliphatic rings. The van der Waals surface area contributed by atoms with Gasteiger partial charge in [0.2, 0.25) is 0 Å². The van der Waals surface area contributed by atoms with Crippen LogP contribution in [0.15, 0.2) is 24.3 Å². The second-order valence-electron chi connectivity index (χ2n) is 2.90. The van der Waals surface area contributed by atoms with Crippen LogP contribution in [0.5, 0.6) is 5.75 Å². The van der Waals surface area contributed by atoms with Gasteiger partial charge in [-0.2, -0.15) is 5.26 Å². The van der Waals surface area contributed by atoms with Gasteiger partial charge in [0.25, 0.3) is 0 Å². The van der Waals surface area contributed by atoms with Gasteiger partial charge in [0.05, 0.1) is 11.6 Å². The molecule has 1 aromatic carbocycles. The molecule has 0 aliphatic heterocycles. The summed E-state index contributed by atoms with van der Waals surface area (Å²) in [6.07, 6.45) is 0. The van der Waals surface area contributed by atoms with E-state index < -0.39 is 12.0 Å². The first-order chi connectivity index (χ1) is 7.13. The summed E-state index contributed by atoms with van der Waals surface area (Å²) in [5.74, 6) is -0.683. The molecule has 1 atom stereocenters.